The van der Waals surface area contributed by atoms with Crippen LogP contribution in [0.1, 0.15) is 5.56 Å². The maximum absolute atomic E-state index is 5.64. The number of nitrogen functional groups attached to an aromatic ring is 1. The standard InChI is InChI=1S/C7H7BrIN/c1-4-2-7(10)5(8)3-6(4)9/h2-3H,10H2,1H3. The van der Waals surface area contributed by atoms with E-state index in [0.717, 1.165) is 10.2 Å². The van der Waals surface area contributed by atoms with Crippen molar-refractivity contribution in [3.8, 4) is 0 Å². The molecule has 0 spiro atoms. The number of anilines is 1. The molecule has 2 N–H and O–H groups in total. The number of hydrogen-bond acceptors (Lipinski definition) is 1. The van der Waals surface area contributed by atoms with E-state index >= 15 is 0 Å². The van der Waals surface area contributed by atoms with Crippen LogP contribution < -0.4 is 5.73 Å². The Labute approximate surface area is 82.3 Å². The smallest absolute Gasteiger partial charge is 0.0461 e. The van der Waals surface area contributed by atoms with Gasteiger partial charge in [0.1, 0.15) is 0 Å². The number of hydrogen-bond donors (Lipinski definition) is 1. The summed E-state index contributed by atoms with van der Waals surface area (Å²) >= 11 is 5.63. The van der Waals surface area contributed by atoms with E-state index in [2.05, 4.69) is 38.5 Å². The quantitative estimate of drug-likeness (QED) is 0.578. The second-order valence-corrected chi connectivity index (χ2v) is 4.14. The predicted molar refractivity (Wildman–Crippen MR) is 56.0 cm³/mol. The first-order valence-electron chi connectivity index (χ1n) is 2.82. The molecular formula is C7H7BrIN. The Morgan fingerprint density at radius 1 is 1.50 bits per heavy atom. The molecule has 1 aromatic rings. The molecule has 0 aliphatic heterocycles. The lowest BCUT2D eigenvalue weighted by atomic mass is 10.2. The normalized spacial score (nSPS) is 9.90. The van der Waals surface area contributed by atoms with E-state index in [0.29, 0.717) is 0 Å². The number of nitrogens with two attached hydrogens (primary N) is 1. The van der Waals surface area contributed by atoms with Gasteiger partial charge in [0.25, 0.3) is 0 Å². The molecular weight excluding hydrogens is 305 g/mol. The summed E-state index contributed by atoms with van der Waals surface area (Å²) in [6.45, 7) is 2.05. The van der Waals surface area contributed by atoms with Crippen LogP contribution in [0.4, 0.5) is 5.69 Å². The molecule has 0 saturated heterocycles. The fourth-order valence-electron chi connectivity index (χ4n) is 0.680. The molecule has 1 aromatic carbocycles. The van der Waals surface area contributed by atoms with E-state index in [1.165, 1.54) is 9.13 Å². The molecule has 1 nitrogen and oxygen atoms in total. The van der Waals surface area contributed by atoms with Gasteiger partial charge in [0.15, 0.2) is 0 Å². The van der Waals surface area contributed by atoms with Crippen molar-refractivity contribution in [3.05, 3.63) is 25.7 Å². The summed E-state index contributed by atoms with van der Waals surface area (Å²) < 4.78 is 2.21. The highest BCUT2D eigenvalue weighted by atomic mass is 127. The Kier molecular flexibility index (Phi) is 2.57. The van der Waals surface area contributed by atoms with Gasteiger partial charge in [0, 0.05) is 13.7 Å². The van der Waals surface area contributed by atoms with Crippen LogP contribution in [0.2, 0.25) is 0 Å². The lowest BCUT2D eigenvalue weighted by molar-refractivity contribution is 1.41. The highest BCUT2D eigenvalue weighted by Crippen LogP contribution is 2.24. The van der Waals surface area contributed by atoms with Gasteiger partial charge in [-0.15, -0.1) is 0 Å². The zero-order chi connectivity index (χ0) is 7.72. The maximum Gasteiger partial charge on any atom is 0.0461 e. The lowest BCUT2D eigenvalue weighted by Gasteiger charge is -2.01. The van der Waals surface area contributed by atoms with Crippen LogP contribution in [0.15, 0.2) is 16.6 Å². The van der Waals surface area contributed by atoms with Crippen molar-refractivity contribution in [1.29, 1.82) is 0 Å². The molecule has 0 amide bonds. The summed E-state index contributed by atoms with van der Waals surface area (Å²) in [7, 11) is 0. The number of rotatable bonds is 0. The molecule has 0 radical (unpaired) electrons. The highest BCUT2D eigenvalue weighted by Gasteiger charge is 1.98. The van der Waals surface area contributed by atoms with Crippen LogP contribution in [-0.2, 0) is 0 Å². The van der Waals surface area contributed by atoms with Gasteiger partial charge in [0.2, 0.25) is 0 Å². The summed E-state index contributed by atoms with van der Waals surface area (Å²) in [6.07, 6.45) is 0. The van der Waals surface area contributed by atoms with Gasteiger partial charge in [-0.05, 0) is 63.1 Å². The van der Waals surface area contributed by atoms with Crippen molar-refractivity contribution in [2.75, 3.05) is 5.73 Å². The highest BCUT2D eigenvalue weighted by molar-refractivity contribution is 14.1. The Balaban J connectivity index is 3.28. The zero-order valence-corrected chi connectivity index (χ0v) is 9.23. The summed E-state index contributed by atoms with van der Waals surface area (Å²) in [5.74, 6) is 0. The van der Waals surface area contributed by atoms with Crippen LogP contribution >= 0.6 is 38.5 Å². The Bertz CT molecular complexity index is 210. The van der Waals surface area contributed by atoms with E-state index in [4.69, 9.17) is 5.73 Å². The van der Waals surface area contributed by atoms with E-state index in [9.17, 15) is 0 Å². The van der Waals surface area contributed by atoms with Crippen LogP contribution in [0.25, 0.3) is 0 Å². The summed E-state index contributed by atoms with van der Waals surface area (Å²) in [6, 6.07) is 3.98. The van der Waals surface area contributed by atoms with Gasteiger partial charge in [-0.2, -0.15) is 0 Å². The zero-order valence-electron chi connectivity index (χ0n) is 5.49. The van der Waals surface area contributed by atoms with Gasteiger partial charge < -0.3 is 5.73 Å². The van der Waals surface area contributed by atoms with Crippen molar-refractivity contribution in [2.45, 2.75) is 6.92 Å². The number of aryl methyl sites for hydroxylation is 1. The second-order valence-electron chi connectivity index (χ2n) is 2.12. The maximum atomic E-state index is 5.64. The van der Waals surface area contributed by atoms with Crippen LogP contribution in [0.5, 0.6) is 0 Å². The molecule has 0 atom stereocenters. The minimum Gasteiger partial charge on any atom is -0.398 e. The topological polar surface area (TPSA) is 26.0 Å². The molecule has 0 unspecified atom stereocenters. The van der Waals surface area contributed by atoms with Crippen molar-refractivity contribution in [2.24, 2.45) is 0 Å². The lowest BCUT2D eigenvalue weighted by Crippen LogP contribution is -1.89. The van der Waals surface area contributed by atoms with Gasteiger partial charge in [-0.1, -0.05) is 0 Å². The second kappa shape index (κ2) is 3.09. The molecule has 3 heteroatoms. The van der Waals surface area contributed by atoms with Crippen LogP contribution in [-0.4, -0.2) is 0 Å². The first-order chi connectivity index (χ1) is 4.61. The van der Waals surface area contributed by atoms with Crippen molar-refractivity contribution >= 4 is 44.2 Å². The van der Waals surface area contributed by atoms with Crippen LogP contribution in [0.3, 0.4) is 0 Å². The number of benzene rings is 1. The van der Waals surface area contributed by atoms with Gasteiger partial charge in [0.05, 0.1) is 0 Å². The Morgan fingerprint density at radius 3 is 2.60 bits per heavy atom. The Morgan fingerprint density at radius 2 is 2.10 bits per heavy atom. The molecule has 0 bridgehead atoms. The SMILES string of the molecule is Cc1cc(N)c(Br)cc1I. The van der Waals surface area contributed by atoms with E-state index in [1.807, 2.05) is 19.1 Å². The summed E-state index contributed by atoms with van der Waals surface area (Å²) in [5, 5.41) is 0. The van der Waals surface area contributed by atoms with E-state index in [-0.39, 0.29) is 0 Å². The third-order valence-electron chi connectivity index (χ3n) is 1.28. The fourth-order valence-corrected chi connectivity index (χ4v) is 1.92. The molecule has 10 heavy (non-hydrogen) atoms. The average molecular weight is 312 g/mol. The Hall–Kier alpha value is 0.230. The molecule has 0 fully saturated rings. The summed E-state index contributed by atoms with van der Waals surface area (Å²) in [4.78, 5) is 0. The largest absolute Gasteiger partial charge is 0.398 e. The minimum absolute atomic E-state index is 0.804. The van der Waals surface area contributed by atoms with Gasteiger partial charge in [-0.3, -0.25) is 0 Å². The van der Waals surface area contributed by atoms with Crippen molar-refractivity contribution in [3.63, 3.8) is 0 Å². The molecule has 0 aliphatic rings. The number of halogens is 2. The summed E-state index contributed by atoms with van der Waals surface area (Å²) in [5.41, 5.74) is 7.67. The van der Waals surface area contributed by atoms with Crippen molar-refractivity contribution < 1.29 is 0 Å². The monoisotopic (exact) mass is 311 g/mol. The molecule has 0 aromatic heterocycles. The molecule has 0 aliphatic carbocycles. The van der Waals surface area contributed by atoms with Gasteiger partial charge in [-0.25, -0.2) is 0 Å². The fraction of sp³-hybridized carbons (Fsp3) is 0.143. The minimum atomic E-state index is 0.804. The molecule has 0 saturated carbocycles. The third kappa shape index (κ3) is 1.63. The predicted octanol–water partition coefficient (Wildman–Crippen LogP) is 2.94. The molecule has 1 rings (SSSR count). The van der Waals surface area contributed by atoms with Crippen molar-refractivity contribution in [1.82, 2.24) is 0 Å². The van der Waals surface area contributed by atoms with Gasteiger partial charge >= 0.3 is 0 Å². The van der Waals surface area contributed by atoms with E-state index in [1.54, 1.807) is 0 Å². The molecule has 54 valence electrons. The third-order valence-corrected chi connectivity index (χ3v) is 3.13. The molecule has 0 heterocycles. The average Bonchev–Trinajstić information content (AvgIpc) is 1.84. The van der Waals surface area contributed by atoms with Crippen LogP contribution in [0, 0.1) is 10.5 Å². The van der Waals surface area contributed by atoms with E-state index < -0.39 is 0 Å². The first-order valence-corrected chi connectivity index (χ1v) is 4.69. The first kappa shape index (κ1) is 8.33.